The zero-order chi connectivity index (χ0) is 14.7. The van der Waals surface area contributed by atoms with E-state index in [1.165, 1.54) is 17.1 Å². The molecule has 2 N–H and O–H groups in total. The third kappa shape index (κ3) is 3.92. The summed E-state index contributed by atoms with van der Waals surface area (Å²) in [6.07, 6.45) is 2.64. The highest BCUT2D eigenvalue weighted by molar-refractivity contribution is 8.06. The fraction of sp³-hybridized carbons (Fsp3) is 0.615. The van der Waals surface area contributed by atoms with E-state index in [-0.39, 0.29) is 0 Å². The molecule has 1 aliphatic heterocycles. The van der Waals surface area contributed by atoms with Crippen molar-refractivity contribution < 1.29 is 4.52 Å². The normalized spacial score (nSPS) is 22.5. The fourth-order valence-corrected chi connectivity index (χ4v) is 5.54. The summed E-state index contributed by atoms with van der Waals surface area (Å²) in [7, 11) is 0. The van der Waals surface area contributed by atoms with Gasteiger partial charge in [-0.3, -0.25) is 0 Å². The predicted molar refractivity (Wildman–Crippen MR) is 90.0 cm³/mol. The zero-order valence-electron chi connectivity index (χ0n) is 11.8. The molecular weight excluding hydrogens is 324 g/mol. The number of hydrogen-bond acceptors (Lipinski definition) is 8. The molecule has 0 bridgehead atoms. The van der Waals surface area contributed by atoms with Crippen molar-refractivity contribution in [2.45, 2.75) is 36.7 Å². The molecule has 0 amide bonds. The quantitative estimate of drug-likeness (QED) is 0.894. The first kappa shape index (κ1) is 15.2. The van der Waals surface area contributed by atoms with E-state index in [2.05, 4.69) is 22.0 Å². The van der Waals surface area contributed by atoms with Gasteiger partial charge in [0.05, 0.1) is 10.9 Å². The van der Waals surface area contributed by atoms with Crippen molar-refractivity contribution in [1.29, 1.82) is 0 Å². The molecule has 2 aromatic heterocycles. The van der Waals surface area contributed by atoms with Crippen LogP contribution in [-0.4, -0.2) is 31.9 Å². The summed E-state index contributed by atoms with van der Waals surface area (Å²) in [6, 6.07) is 0. The van der Waals surface area contributed by atoms with Crippen molar-refractivity contribution in [2.75, 3.05) is 17.2 Å². The van der Waals surface area contributed by atoms with E-state index in [9.17, 15) is 0 Å². The van der Waals surface area contributed by atoms with Gasteiger partial charge in [-0.1, -0.05) is 12.1 Å². The molecule has 1 fully saturated rings. The second kappa shape index (κ2) is 7.02. The van der Waals surface area contributed by atoms with Gasteiger partial charge in [-0.25, -0.2) is 4.98 Å². The summed E-state index contributed by atoms with van der Waals surface area (Å²) < 4.78 is 5.38. The van der Waals surface area contributed by atoms with Crippen LogP contribution in [0.2, 0.25) is 0 Å². The van der Waals surface area contributed by atoms with Crippen LogP contribution < -0.4 is 5.73 Å². The number of anilines is 1. The molecule has 0 saturated carbocycles. The lowest BCUT2D eigenvalue weighted by Gasteiger charge is -2.24. The molecular formula is C13H18N4OS3. The minimum absolute atomic E-state index is 0.361. The van der Waals surface area contributed by atoms with Gasteiger partial charge >= 0.3 is 0 Å². The highest BCUT2D eigenvalue weighted by Crippen LogP contribution is 2.41. The maximum Gasteiger partial charge on any atom is 0.226 e. The average Bonchev–Trinajstić information content (AvgIpc) is 3.09. The predicted octanol–water partition coefficient (Wildman–Crippen LogP) is 3.19. The lowest BCUT2D eigenvalue weighted by atomic mass is 10.2. The first-order chi connectivity index (χ1) is 10.2. The van der Waals surface area contributed by atoms with Crippen molar-refractivity contribution in [3.63, 3.8) is 0 Å². The van der Waals surface area contributed by atoms with Gasteiger partial charge in [0.2, 0.25) is 5.89 Å². The summed E-state index contributed by atoms with van der Waals surface area (Å²) in [5, 5.41) is 7.71. The molecule has 114 valence electrons. The van der Waals surface area contributed by atoms with Crippen LogP contribution in [0.25, 0.3) is 0 Å². The Hall–Kier alpha value is -0.730. The monoisotopic (exact) mass is 342 g/mol. The topological polar surface area (TPSA) is 77.8 Å². The average molecular weight is 343 g/mol. The highest BCUT2D eigenvalue weighted by atomic mass is 32.2. The van der Waals surface area contributed by atoms with E-state index in [4.69, 9.17) is 10.3 Å². The van der Waals surface area contributed by atoms with Gasteiger partial charge in [0.25, 0.3) is 0 Å². The lowest BCUT2D eigenvalue weighted by molar-refractivity contribution is 0.370. The fourth-order valence-electron chi connectivity index (χ4n) is 2.26. The van der Waals surface area contributed by atoms with Crippen LogP contribution in [-0.2, 0) is 12.8 Å². The number of aryl methyl sites for hydroxylation is 2. The van der Waals surface area contributed by atoms with Gasteiger partial charge in [0.1, 0.15) is 0 Å². The molecule has 1 saturated heterocycles. The number of nitrogens with two attached hydrogens (primary N) is 1. The summed E-state index contributed by atoms with van der Waals surface area (Å²) in [6.45, 7) is 2.24. The molecule has 2 aromatic rings. The molecule has 1 aliphatic rings. The van der Waals surface area contributed by atoms with Gasteiger partial charge in [0, 0.05) is 28.6 Å². The van der Waals surface area contributed by atoms with Gasteiger partial charge in [0.15, 0.2) is 11.0 Å². The Bertz CT molecular complexity index is 585. The maximum atomic E-state index is 5.62. The van der Waals surface area contributed by atoms with E-state index < -0.39 is 0 Å². The van der Waals surface area contributed by atoms with Crippen LogP contribution >= 0.6 is 34.9 Å². The molecule has 3 heterocycles. The summed E-state index contributed by atoms with van der Waals surface area (Å²) in [5.41, 5.74) is 6.67. The second-order valence-electron chi connectivity index (χ2n) is 4.94. The second-order valence-corrected chi connectivity index (χ2v) is 8.57. The summed E-state index contributed by atoms with van der Waals surface area (Å²) in [4.78, 5) is 8.82. The van der Waals surface area contributed by atoms with E-state index in [0.29, 0.717) is 15.6 Å². The van der Waals surface area contributed by atoms with Crippen molar-refractivity contribution in [2.24, 2.45) is 0 Å². The number of aromatic nitrogens is 3. The number of nitrogens with zero attached hydrogens (tertiary/aromatic N) is 3. The molecule has 21 heavy (non-hydrogen) atoms. The van der Waals surface area contributed by atoms with Crippen molar-refractivity contribution in [3.8, 4) is 0 Å². The van der Waals surface area contributed by atoms with Gasteiger partial charge < -0.3 is 10.3 Å². The minimum atomic E-state index is 0.361. The Morgan fingerprint density at radius 2 is 2.14 bits per heavy atom. The van der Waals surface area contributed by atoms with Gasteiger partial charge in [-0.2, -0.15) is 16.7 Å². The SMILES string of the molecule is CC1SCCSC1c1noc(CCCc2csc(N)n2)n1. The molecule has 0 aliphatic carbocycles. The molecule has 2 atom stereocenters. The number of nitrogen functional groups attached to an aromatic ring is 1. The Morgan fingerprint density at radius 1 is 1.29 bits per heavy atom. The van der Waals surface area contributed by atoms with Crippen LogP contribution in [0.3, 0.4) is 0 Å². The van der Waals surface area contributed by atoms with Crippen LogP contribution in [0.1, 0.15) is 36.0 Å². The van der Waals surface area contributed by atoms with Gasteiger partial charge in [-0.05, 0) is 12.8 Å². The molecule has 0 spiro atoms. The van der Waals surface area contributed by atoms with Crippen LogP contribution in [0.15, 0.2) is 9.90 Å². The van der Waals surface area contributed by atoms with E-state index in [1.54, 1.807) is 0 Å². The number of rotatable bonds is 5. The summed E-state index contributed by atoms with van der Waals surface area (Å²) in [5.74, 6) is 3.96. The maximum absolute atomic E-state index is 5.62. The standard InChI is InChI=1S/C13H18N4OS3/c1-8-11(20-6-5-19-8)12-16-10(18-17-12)4-2-3-9-7-21-13(14)15-9/h7-8,11H,2-6H2,1H3,(H2,14,15). The highest BCUT2D eigenvalue weighted by Gasteiger charge is 2.28. The van der Waals surface area contributed by atoms with Crippen LogP contribution in [0, 0.1) is 0 Å². The molecule has 0 radical (unpaired) electrons. The first-order valence-electron chi connectivity index (χ1n) is 6.98. The zero-order valence-corrected chi connectivity index (χ0v) is 14.3. The molecule has 3 rings (SSSR count). The van der Waals surface area contributed by atoms with E-state index in [1.807, 2.05) is 28.9 Å². The Morgan fingerprint density at radius 3 is 2.90 bits per heavy atom. The van der Waals surface area contributed by atoms with Gasteiger partial charge in [-0.15, -0.1) is 23.1 Å². The first-order valence-corrected chi connectivity index (χ1v) is 9.95. The van der Waals surface area contributed by atoms with Crippen LogP contribution in [0.5, 0.6) is 0 Å². The Balaban J connectivity index is 1.52. The number of thiazole rings is 1. The van der Waals surface area contributed by atoms with Crippen molar-refractivity contribution in [1.82, 2.24) is 15.1 Å². The smallest absolute Gasteiger partial charge is 0.226 e. The Labute approximate surface area is 136 Å². The molecule has 5 nitrogen and oxygen atoms in total. The van der Waals surface area contributed by atoms with Crippen molar-refractivity contribution in [3.05, 3.63) is 22.8 Å². The van der Waals surface area contributed by atoms with Crippen molar-refractivity contribution >= 4 is 40.0 Å². The van der Waals surface area contributed by atoms with E-state index in [0.717, 1.165) is 42.4 Å². The third-order valence-corrected chi connectivity index (χ3v) is 7.13. The van der Waals surface area contributed by atoms with Crippen LogP contribution in [0.4, 0.5) is 5.13 Å². The molecule has 0 aromatic carbocycles. The molecule has 8 heteroatoms. The minimum Gasteiger partial charge on any atom is -0.375 e. The third-order valence-electron chi connectivity index (χ3n) is 3.32. The lowest BCUT2D eigenvalue weighted by Crippen LogP contribution is -2.16. The number of thioether (sulfide) groups is 2. The number of hydrogen-bond donors (Lipinski definition) is 1. The Kier molecular flexibility index (Phi) is 5.07. The largest absolute Gasteiger partial charge is 0.375 e. The summed E-state index contributed by atoms with van der Waals surface area (Å²) >= 11 is 5.40. The van der Waals surface area contributed by atoms with E-state index >= 15 is 0 Å². The molecule has 2 unspecified atom stereocenters.